The predicted octanol–water partition coefficient (Wildman–Crippen LogP) is 2.79. The molecule has 1 fully saturated rings. The molecule has 1 saturated carbocycles. The molecule has 1 aromatic rings. The summed E-state index contributed by atoms with van der Waals surface area (Å²) in [5.74, 6) is 1.97. The summed E-state index contributed by atoms with van der Waals surface area (Å²) in [6.45, 7) is 2.96. The van der Waals surface area contributed by atoms with Gasteiger partial charge in [-0.25, -0.2) is 4.98 Å². The lowest BCUT2D eigenvalue weighted by atomic mass is 9.81. The molecule has 0 unspecified atom stereocenters. The first-order valence-corrected chi connectivity index (χ1v) is 6.46. The van der Waals surface area contributed by atoms with Crippen LogP contribution in [-0.2, 0) is 11.8 Å². The first-order valence-electron chi connectivity index (χ1n) is 6.46. The summed E-state index contributed by atoms with van der Waals surface area (Å²) in [6.07, 6.45) is 10.1. The number of nitrogens with two attached hydrogens (primary N) is 1. The molecule has 2 N–H and O–H groups in total. The van der Waals surface area contributed by atoms with Crippen molar-refractivity contribution in [3.05, 3.63) is 17.8 Å². The molecule has 1 heterocycles. The van der Waals surface area contributed by atoms with Gasteiger partial charge in [0.1, 0.15) is 5.76 Å². The molecular formula is C13H22N2O. The van der Waals surface area contributed by atoms with Gasteiger partial charge in [-0.15, -0.1) is 0 Å². The molecule has 0 amide bonds. The number of aryl methyl sites for hydroxylation is 1. The summed E-state index contributed by atoms with van der Waals surface area (Å²) < 4.78 is 5.90. The molecular weight excluding hydrogens is 200 g/mol. The van der Waals surface area contributed by atoms with Gasteiger partial charge < -0.3 is 10.2 Å². The molecule has 90 valence electrons. The zero-order valence-electron chi connectivity index (χ0n) is 10.2. The lowest BCUT2D eigenvalue weighted by Gasteiger charge is -2.23. The van der Waals surface area contributed by atoms with Crippen LogP contribution in [0.4, 0.5) is 0 Å². The van der Waals surface area contributed by atoms with Crippen LogP contribution >= 0.6 is 0 Å². The highest BCUT2D eigenvalue weighted by atomic mass is 16.4. The van der Waals surface area contributed by atoms with Crippen molar-refractivity contribution in [1.29, 1.82) is 0 Å². The van der Waals surface area contributed by atoms with Crippen LogP contribution in [0.3, 0.4) is 0 Å². The molecule has 3 heteroatoms. The summed E-state index contributed by atoms with van der Waals surface area (Å²) in [4.78, 5) is 4.37. The van der Waals surface area contributed by atoms with E-state index in [2.05, 4.69) is 11.9 Å². The van der Waals surface area contributed by atoms with E-state index in [9.17, 15) is 0 Å². The average molecular weight is 222 g/mol. The minimum absolute atomic E-state index is 0.286. The second-order valence-electron chi connectivity index (χ2n) is 4.85. The van der Waals surface area contributed by atoms with Gasteiger partial charge in [-0.3, -0.25) is 0 Å². The Morgan fingerprint density at radius 2 is 2.19 bits per heavy atom. The number of nitrogens with zero attached hydrogens (tertiary/aromatic N) is 1. The SMILES string of the molecule is CCC1(c2cnc(CCCN)o2)CCCC1. The molecule has 0 spiro atoms. The van der Waals surface area contributed by atoms with Crippen LogP contribution in [0.1, 0.15) is 57.1 Å². The Morgan fingerprint density at radius 3 is 2.81 bits per heavy atom. The van der Waals surface area contributed by atoms with Crippen molar-refractivity contribution in [1.82, 2.24) is 4.98 Å². The quantitative estimate of drug-likeness (QED) is 0.833. The van der Waals surface area contributed by atoms with Gasteiger partial charge in [0.25, 0.3) is 0 Å². The maximum absolute atomic E-state index is 5.90. The minimum atomic E-state index is 0.286. The fourth-order valence-electron chi connectivity index (χ4n) is 2.75. The van der Waals surface area contributed by atoms with E-state index >= 15 is 0 Å². The fraction of sp³-hybridized carbons (Fsp3) is 0.769. The molecule has 0 saturated heterocycles. The number of rotatable bonds is 5. The Kier molecular flexibility index (Phi) is 3.64. The van der Waals surface area contributed by atoms with Gasteiger partial charge in [-0.2, -0.15) is 0 Å². The van der Waals surface area contributed by atoms with Crippen LogP contribution in [0.15, 0.2) is 10.6 Å². The molecule has 0 bridgehead atoms. The summed E-state index contributed by atoms with van der Waals surface area (Å²) in [5, 5.41) is 0. The van der Waals surface area contributed by atoms with Gasteiger partial charge in [-0.1, -0.05) is 19.8 Å². The lowest BCUT2D eigenvalue weighted by Crippen LogP contribution is -2.19. The van der Waals surface area contributed by atoms with Gasteiger partial charge in [0.05, 0.1) is 6.20 Å². The second kappa shape index (κ2) is 5.00. The highest BCUT2D eigenvalue weighted by molar-refractivity contribution is 5.13. The Morgan fingerprint density at radius 1 is 1.44 bits per heavy atom. The maximum atomic E-state index is 5.90. The molecule has 0 aromatic carbocycles. The molecule has 0 radical (unpaired) electrons. The van der Waals surface area contributed by atoms with Gasteiger partial charge >= 0.3 is 0 Å². The van der Waals surface area contributed by atoms with Crippen molar-refractivity contribution in [3.63, 3.8) is 0 Å². The van der Waals surface area contributed by atoms with E-state index < -0.39 is 0 Å². The van der Waals surface area contributed by atoms with Crippen LogP contribution in [0, 0.1) is 0 Å². The molecule has 1 aliphatic rings. The lowest BCUT2D eigenvalue weighted by molar-refractivity contribution is 0.316. The van der Waals surface area contributed by atoms with Crippen molar-refractivity contribution in [2.24, 2.45) is 5.73 Å². The van der Waals surface area contributed by atoms with Crippen LogP contribution in [0.5, 0.6) is 0 Å². The van der Waals surface area contributed by atoms with Gasteiger partial charge in [0.15, 0.2) is 5.89 Å². The molecule has 3 nitrogen and oxygen atoms in total. The Labute approximate surface area is 97.4 Å². The minimum Gasteiger partial charge on any atom is -0.445 e. The van der Waals surface area contributed by atoms with Gasteiger partial charge in [-0.05, 0) is 32.2 Å². The third-order valence-electron chi connectivity index (χ3n) is 3.91. The Bertz CT molecular complexity index is 326. The molecule has 2 rings (SSSR count). The number of oxazole rings is 1. The molecule has 16 heavy (non-hydrogen) atoms. The van der Waals surface area contributed by atoms with Crippen LogP contribution in [0.2, 0.25) is 0 Å². The van der Waals surface area contributed by atoms with Crippen LogP contribution < -0.4 is 5.73 Å². The number of hydrogen-bond donors (Lipinski definition) is 1. The van der Waals surface area contributed by atoms with E-state index in [0.29, 0.717) is 6.54 Å². The summed E-state index contributed by atoms with van der Waals surface area (Å²) in [5.41, 5.74) is 5.77. The van der Waals surface area contributed by atoms with Gasteiger partial charge in [0, 0.05) is 11.8 Å². The zero-order chi connectivity index (χ0) is 11.4. The summed E-state index contributed by atoms with van der Waals surface area (Å²) in [6, 6.07) is 0. The van der Waals surface area contributed by atoms with E-state index in [1.807, 2.05) is 6.20 Å². The fourth-order valence-corrected chi connectivity index (χ4v) is 2.75. The van der Waals surface area contributed by atoms with Crippen molar-refractivity contribution in [3.8, 4) is 0 Å². The molecule has 1 aromatic heterocycles. The average Bonchev–Trinajstić information content (AvgIpc) is 2.95. The van der Waals surface area contributed by atoms with E-state index in [-0.39, 0.29) is 5.41 Å². The van der Waals surface area contributed by atoms with E-state index in [0.717, 1.165) is 24.5 Å². The molecule has 1 aliphatic carbocycles. The number of hydrogen-bond acceptors (Lipinski definition) is 3. The van der Waals surface area contributed by atoms with E-state index in [4.69, 9.17) is 10.2 Å². The van der Waals surface area contributed by atoms with Crippen LogP contribution in [-0.4, -0.2) is 11.5 Å². The smallest absolute Gasteiger partial charge is 0.194 e. The normalized spacial score (nSPS) is 19.1. The predicted molar refractivity (Wildman–Crippen MR) is 64.3 cm³/mol. The topological polar surface area (TPSA) is 52.0 Å². The van der Waals surface area contributed by atoms with E-state index in [1.54, 1.807) is 0 Å². The van der Waals surface area contributed by atoms with Crippen LogP contribution in [0.25, 0.3) is 0 Å². The van der Waals surface area contributed by atoms with Gasteiger partial charge in [0.2, 0.25) is 0 Å². The monoisotopic (exact) mass is 222 g/mol. The molecule has 0 aliphatic heterocycles. The highest BCUT2D eigenvalue weighted by Crippen LogP contribution is 2.43. The summed E-state index contributed by atoms with van der Waals surface area (Å²) >= 11 is 0. The largest absolute Gasteiger partial charge is 0.445 e. The maximum Gasteiger partial charge on any atom is 0.194 e. The highest BCUT2D eigenvalue weighted by Gasteiger charge is 2.37. The third-order valence-corrected chi connectivity index (χ3v) is 3.91. The number of aromatic nitrogens is 1. The van der Waals surface area contributed by atoms with Crippen molar-refractivity contribution >= 4 is 0 Å². The standard InChI is InChI=1S/C13H22N2O/c1-2-13(7-3-4-8-13)11-10-15-12(16-11)6-5-9-14/h10H,2-9,14H2,1H3. The second-order valence-corrected chi connectivity index (χ2v) is 4.85. The first-order chi connectivity index (χ1) is 7.80. The third kappa shape index (κ3) is 2.14. The van der Waals surface area contributed by atoms with Crippen molar-refractivity contribution in [2.45, 2.75) is 57.3 Å². The molecule has 0 atom stereocenters. The van der Waals surface area contributed by atoms with Crippen molar-refractivity contribution in [2.75, 3.05) is 6.54 Å². The summed E-state index contributed by atoms with van der Waals surface area (Å²) in [7, 11) is 0. The Balaban J connectivity index is 2.10. The zero-order valence-corrected chi connectivity index (χ0v) is 10.2. The Hall–Kier alpha value is -0.830. The first kappa shape index (κ1) is 11.6. The van der Waals surface area contributed by atoms with E-state index in [1.165, 1.54) is 32.1 Å². The van der Waals surface area contributed by atoms with Crippen molar-refractivity contribution < 1.29 is 4.42 Å².